The first kappa shape index (κ1) is 26.8. The molecule has 0 atom stereocenters. The van der Waals surface area contributed by atoms with Gasteiger partial charge in [0.2, 0.25) is 16.0 Å². The zero-order valence-corrected chi connectivity index (χ0v) is 23.0. The number of carboxylic acids is 1. The van der Waals surface area contributed by atoms with E-state index in [-0.39, 0.29) is 24.7 Å². The number of anilines is 1. The number of hydrogen-bond donors (Lipinski definition) is 1. The van der Waals surface area contributed by atoms with Crippen molar-refractivity contribution in [3.63, 3.8) is 0 Å². The third kappa shape index (κ3) is 6.42. The van der Waals surface area contributed by atoms with Gasteiger partial charge in [0.1, 0.15) is 6.10 Å². The minimum absolute atomic E-state index is 0.0723. The van der Waals surface area contributed by atoms with Crippen LogP contribution in [0.1, 0.15) is 37.7 Å². The largest absolute Gasteiger partial charge is 0.481 e. The number of fused-ring (bicyclic) bond motifs is 1. The first-order valence-corrected chi connectivity index (χ1v) is 15.3. The molecule has 1 saturated heterocycles. The number of carbonyl (C=O) groups is 1. The molecular formula is C25H28ClN5O5S2. The molecule has 2 aliphatic rings. The fourth-order valence-corrected chi connectivity index (χ4v) is 7.10. The number of rotatable bonds is 9. The van der Waals surface area contributed by atoms with Crippen molar-refractivity contribution in [1.82, 2.24) is 19.3 Å². The van der Waals surface area contributed by atoms with Crippen molar-refractivity contribution in [1.29, 1.82) is 0 Å². The van der Waals surface area contributed by atoms with Gasteiger partial charge in [0.15, 0.2) is 0 Å². The number of piperidine rings is 1. The average molecular weight is 578 g/mol. The number of nitrogens with zero attached hydrogens (tertiary/aromatic N) is 5. The molecule has 38 heavy (non-hydrogen) atoms. The number of benzene rings is 1. The van der Waals surface area contributed by atoms with Crippen molar-refractivity contribution in [2.75, 3.05) is 36.8 Å². The maximum absolute atomic E-state index is 12.5. The van der Waals surface area contributed by atoms with Crippen LogP contribution in [0.15, 0.2) is 36.7 Å². The molecule has 0 unspecified atom stereocenters. The first-order chi connectivity index (χ1) is 18.3. The van der Waals surface area contributed by atoms with E-state index in [1.165, 1.54) is 15.6 Å². The van der Waals surface area contributed by atoms with Gasteiger partial charge in [-0.25, -0.2) is 23.4 Å². The van der Waals surface area contributed by atoms with Gasteiger partial charge in [-0.1, -0.05) is 35.1 Å². The Morgan fingerprint density at radius 3 is 2.63 bits per heavy atom. The van der Waals surface area contributed by atoms with Crippen LogP contribution in [-0.4, -0.2) is 76.8 Å². The normalized spacial score (nSPS) is 17.5. The molecule has 0 bridgehead atoms. The number of carboxylic acid groups (broad SMARTS) is 1. The fourth-order valence-electron chi connectivity index (χ4n) is 4.64. The molecule has 5 rings (SSSR count). The molecule has 10 nitrogen and oxygen atoms in total. The SMILES string of the molecule is O=C(O)CCCS(=O)(=O)N1CC=C(c2ccc3nc(OC4CCN(c5ncc(Cl)cn5)CC4)sc3c2)CC1. The Hall–Kier alpha value is -2.80. The summed E-state index contributed by atoms with van der Waals surface area (Å²) in [6, 6.07) is 6.08. The molecule has 1 aromatic carbocycles. The van der Waals surface area contributed by atoms with Crippen LogP contribution in [0.3, 0.4) is 0 Å². The van der Waals surface area contributed by atoms with E-state index >= 15 is 0 Å². The lowest BCUT2D eigenvalue weighted by atomic mass is 10.0. The Labute approximate surface area is 230 Å². The Bertz CT molecular complexity index is 1440. The van der Waals surface area contributed by atoms with E-state index in [1.807, 2.05) is 18.2 Å². The fraction of sp³-hybridized carbons (Fsp3) is 0.440. The molecule has 2 aromatic heterocycles. The van der Waals surface area contributed by atoms with Gasteiger partial charge in [-0.2, -0.15) is 4.31 Å². The van der Waals surface area contributed by atoms with Gasteiger partial charge in [0, 0.05) is 45.4 Å². The van der Waals surface area contributed by atoms with Crippen LogP contribution in [0.25, 0.3) is 15.8 Å². The summed E-state index contributed by atoms with van der Waals surface area (Å²) < 4.78 is 33.7. The van der Waals surface area contributed by atoms with Gasteiger partial charge in [0.25, 0.3) is 5.19 Å². The predicted octanol–water partition coefficient (Wildman–Crippen LogP) is 4.07. The summed E-state index contributed by atoms with van der Waals surface area (Å²) in [5, 5.41) is 9.92. The molecule has 0 spiro atoms. The van der Waals surface area contributed by atoms with E-state index in [0.29, 0.717) is 35.7 Å². The quantitative estimate of drug-likeness (QED) is 0.400. The minimum Gasteiger partial charge on any atom is -0.481 e. The Kier molecular flexibility index (Phi) is 8.12. The summed E-state index contributed by atoms with van der Waals surface area (Å²) in [5.41, 5.74) is 3.02. The number of thiazole rings is 1. The number of ether oxygens (including phenoxy) is 1. The predicted molar refractivity (Wildman–Crippen MR) is 147 cm³/mol. The number of sulfonamides is 1. The van der Waals surface area contributed by atoms with Crippen molar-refractivity contribution in [3.05, 3.63) is 47.3 Å². The van der Waals surface area contributed by atoms with Crippen LogP contribution >= 0.6 is 22.9 Å². The lowest BCUT2D eigenvalue weighted by molar-refractivity contribution is -0.137. The highest BCUT2D eigenvalue weighted by atomic mass is 35.5. The molecule has 0 radical (unpaired) electrons. The Morgan fingerprint density at radius 2 is 1.95 bits per heavy atom. The van der Waals surface area contributed by atoms with Gasteiger partial charge in [-0.15, -0.1) is 0 Å². The molecule has 3 aromatic rings. The van der Waals surface area contributed by atoms with Gasteiger partial charge in [-0.05, 0) is 36.1 Å². The van der Waals surface area contributed by atoms with E-state index in [2.05, 4.69) is 25.9 Å². The van der Waals surface area contributed by atoms with Crippen molar-refractivity contribution >= 4 is 60.7 Å². The Balaban J connectivity index is 1.18. The summed E-state index contributed by atoms with van der Waals surface area (Å²) in [6.07, 6.45) is 7.48. The van der Waals surface area contributed by atoms with Crippen LogP contribution in [0.2, 0.25) is 5.02 Å². The number of aliphatic carboxylic acids is 1. The van der Waals surface area contributed by atoms with E-state index in [1.54, 1.807) is 12.4 Å². The zero-order chi connectivity index (χ0) is 26.7. The third-order valence-corrected chi connectivity index (χ3v) is 9.72. The Morgan fingerprint density at radius 1 is 1.18 bits per heavy atom. The van der Waals surface area contributed by atoms with Gasteiger partial charge >= 0.3 is 5.97 Å². The summed E-state index contributed by atoms with van der Waals surface area (Å²) >= 11 is 7.40. The van der Waals surface area contributed by atoms with Gasteiger partial charge in [0.05, 0.1) is 33.4 Å². The number of halogens is 1. The summed E-state index contributed by atoms with van der Waals surface area (Å²) in [7, 11) is -3.47. The molecular weight excluding hydrogens is 550 g/mol. The van der Waals surface area contributed by atoms with Crippen molar-refractivity contribution in [3.8, 4) is 5.19 Å². The summed E-state index contributed by atoms with van der Waals surface area (Å²) in [5.74, 6) is -0.453. The molecule has 0 amide bonds. The molecule has 202 valence electrons. The van der Waals surface area contributed by atoms with Crippen molar-refractivity contribution < 1.29 is 23.1 Å². The van der Waals surface area contributed by atoms with Gasteiger partial charge in [-0.3, -0.25) is 4.79 Å². The second-order valence-electron chi connectivity index (χ2n) is 9.32. The maximum Gasteiger partial charge on any atom is 0.303 e. The molecule has 1 N–H and O–H groups in total. The maximum atomic E-state index is 12.5. The van der Waals surface area contributed by atoms with Crippen LogP contribution in [-0.2, 0) is 14.8 Å². The molecule has 13 heteroatoms. The van der Waals surface area contributed by atoms with Crippen molar-refractivity contribution in [2.45, 2.75) is 38.2 Å². The summed E-state index contributed by atoms with van der Waals surface area (Å²) in [6.45, 7) is 2.26. The van der Waals surface area contributed by atoms with E-state index in [4.69, 9.17) is 21.4 Å². The number of aromatic nitrogens is 3. The van der Waals surface area contributed by atoms with Crippen LogP contribution < -0.4 is 9.64 Å². The second kappa shape index (κ2) is 11.5. The topological polar surface area (TPSA) is 126 Å². The summed E-state index contributed by atoms with van der Waals surface area (Å²) in [4.78, 5) is 26.1. The first-order valence-electron chi connectivity index (χ1n) is 12.5. The highest BCUT2D eigenvalue weighted by molar-refractivity contribution is 7.89. The number of hydrogen-bond acceptors (Lipinski definition) is 9. The molecule has 0 saturated carbocycles. The molecule has 1 fully saturated rings. The molecule has 2 aliphatic heterocycles. The lowest BCUT2D eigenvalue weighted by Gasteiger charge is -2.31. The van der Waals surface area contributed by atoms with Crippen LogP contribution in [0.5, 0.6) is 5.19 Å². The standard InChI is InChI=1S/C25H28ClN5O5S2/c26-19-15-27-24(28-16-19)30-9-7-20(8-10-30)36-25-29-21-4-3-18(14-22(21)37-25)17-5-11-31(12-6-17)38(34,35)13-1-2-23(32)33/h3-5,14-16,20H,1-2,6-13H2,(H,32,33). The second-order valence-corrected chi connectivity index (χ2v) is 12.8. The van der Waals surface area contributed by atoms with Crippen LogP contribution in [0, 0.1) is 0 Å². The average Bonchev–Trinajstić information content (AvgIpc) is 3.31. The molecule has 0 aliphatic carbocycles. The zero-order valence-electron chi connectivity index (χ0n) is 20.6. The van der Waals surface area contributed by atoms with E-state index in [0.717, 1.165) is 47.3 Å². The smallest absolute Gasteiger partial charge is 0.303 e. The molecule has 4 heterocycles. The van der Waals surface area contributed by atoms with E-state index < -0.39 is 16.0 Å². The minimum atomic E-state index is -3.47. The lowest BCUT2D eigenvalue weighted by Crippen LogP contribution is -2.39. The van der Waals surface area contributed by atoms with Crippen molar-refractivity contribution in [2.24, 2.45) is 0 Å². The van der Waals surface area contributed by atoms with Crippen LogP contribution in [0.4, 0.5) is 5.95 Å². The monoisotopic (exact) mass is 577 g/mol. The highest BCUT2D eigenvalue weighted by Crippen LogP contribution is 2.33. The van der Waals surface area contributed by atoms with Gasteiger partial charge < -0.3 is 14.7 Å². The third-order valence-electron chi connectivity index (χ3n) is 6.70. The van der Waals surface area contributed by atoms with E-state index in [9.17, 15) is 13.2 Å². The highest BCUT2D eigenvalue weighted by Gasteiger charge is 2.25.